The van der Waals surface area contributed by atoms with Crippen LogP contribution < -0.4 is 5.32 Å². The fourth-order valence-corrected chi connectivity index (χ4v) is 10.1. The average Bonchev–Trinajstić information content (AvgIpc) is 3.30. The summed E-state index contributed by atoms with van der Waals surface area (Å²) in [5.41, 5.74) is 0.409. The lowest BCUT2D eigenvalue weighted by Gasteiger charge is -2.63. The van der Waals surface area contributed by atoms with Crippen LogP contribution in [0.2, 0.25) is 0 Å². The number of amides is 1. The van der Waals surface area contributed by atoms with E-state index in [1.165, 1.54) is 0 Å². The van der Waals surface area contributed by atoms with Crippen molar-refractivity contribution in [2.45, 2.75) is 109 Å². The zero-order valence-corrected chi connectivity index (χ0v) is 24.5. The van der Waals surface area contributed by atoms with Gasteiger partial charge in [0.1, 0.15) is 6.10 Å². The fraction of sp³-hybridized carbons (Fsp3) is 0.788. The van der Waals surface area contributed by atoms with E-state index in [0.29, 0.717) is 30.7 Å². The van der Waals surface area contributed by atoms with Crippen LogP contribution in [0.1, 0.15) is 90.2 Å². The number of hydrogen-bond donors (Lipinski definition) is 6. The van der Waals surface area contributed by atoms with Gasteiger partial charge in [-0.1, -0.05) is 51.1 Å². The smallest absolute Gasteiger partial charge is 0.220 e. The van der Waals surface area contributed by atoms with Crippen molar-refractivity contribution in [2.75, 3.05) is 6.61 Å². The summed E-state index contributed by atoms with van der Waals surface area (Å²) in [4.78, 5) is 12.9. The van der Waals surface area contributed by atoms with E-state index in [0.717, 1.165) is 38.5 Å². The lowest BCUT2D eigenvalue weighted by atomic mass is 9.43. The largest absolute Gasteiger partial charge is 0.394 e. The topological polar surface area (TPSA) is 130 Å². The monoisotopic (exact) mass is 557 g/mol. The SMILES string of the molecule is C[C@H](CCC(=O)N[C@@H](CO)[C@@H](O)c1ccccc1)[C@H]1CC[C@H]2[C@@H]3[C@H](O)C[C@@H]4C[C@H](O)CC[C@]4(C)[C@H]3C[C@H](O)[C@]12C. The number of aliphatic hydroxyl groups is 5. The molecule has 40 heavy (non-hydrogen) atoms. The Kier molecular flexibility index (Phi) is 8.72. The molecule has 6 N–H and O–H groups in total. The summed E-state index contributed by atoms with van der Waals surface area (Å²) in [6.45, 7) is 6.42. The standard InChI is InChI=1S/C33H51NO6/c1-19(9-12-29(39)34-26(18-35)31(40)20-7-5-4-6-8-20)23-10-11-24-30-25(17-28(38)33(23,24)3)32(2)14-13-22(36)15-21(32)16-27(30)37/h4-8,19,21-28,30-31,35-38,40H,9-18H2,1-3H3,(H,34,39)/t19-,21+,22-,23-,24+,25+,26+,27-,28+,30+,31+,32+,33-/m1/s1. The number of aliphatic hydroxyl groups excluding tert-OH is 5. The zero-order chi connectivity index (χ0) is 28.8. The van der Waals surface area contributed by atoms with Gasteiger partial charge in [0.05, 0.1) is 31.0 Å². The Hall–Kier alpha value is -1.51. The molecule has 1 aromatic rings. The van der Waals surface area contributed by atoms with Crippen molar-refractivity contribution in [3.05, 3.63) is 35.9 Å². The van der Waals surface area contributed by atoms with Crippen LogP contribution in [0, 0.1) is 46.3 Å². The molecule has 0 aromatic heterocycles. The van der Waals surface area contributed by atoms with Gasteiger partial charge in [0.2, 0.25) is 5.91 Å². The van der Waals surface area contributed by atoms with Crippen molar-refractivity contribution in [3.8, 4) is 0 Å². The molecule has 7 nitrogen and oxygen atoms in total. The van der Waals surface area contributed by atoms with Gasteiger partial charge in [0.15, 0.2) is 0 Å². The Bertz CT molecular complexity index is 1020. The van der Waals surface area contributed by atoms with Crippen LogP contribution in [0.3, 0.4) is 0 Å². The highest BCUT2D eigenvalue weighted by molar-refractivity contribution is 5.76. The molecule has 224 valence electrons. The maximum Gasteiger partial charge on any atom is 0.220 e. The average molecular weight is 558 g/mol. The van der Waals surface area contributed by atoms with Crippen molar-refractivity contribution in [1.29, 1.82) is 0 Å². The first kappa shape index (κ1) is 30.0. The number of rotatable bonds is 8. The molecule has 4 fully saturated rings. The molecule has 4 aliphatic rings. The van der Waals surface area contributed by atoms with Crippen molar-refractivity contribution in [1.82, 2.24) is 5.32 Å². The van der Waals surface area contributed by atoms with Crippen LogP contribution in [-0.2, 0) is 4.79 Å². The molecule has 0 unspecified atom stereocenters. The number of benzene rings is 1. The van der Waals surface area contributed by atoms with Gasteiger partial charge in [0.25, 0.3) is 0 Å². The summed E-state index contributed by atoms with van der Waals surface area (Å²) < 4.78 is 0. The van der Waals surface area contributed by atoms with Crippen LogP contribution in [0.5, 0.6) is 0 Å². The maximum atomic E-state index is 12.9. The van der Waals surface area contributed by atoms with Crippen LogP contribution in [0.25, 0.3) is 0 Å². The summed E-state index contributed by atoms with van der Waals surface area (Å²) in [5, 5.41) is 56.9. The predicted octanol–water partition coefficient (Wildman–Crippen LogP) is 3.57. The van der Waals surface area contributed by atoms with Gasteiger partial charge in [-0.05, 0) is 103 Å². The van der Waals surface area contributed by atoms with Crippen LogP contribution in [0.15, 0.2) is 30.3 Å². The van der Waals surface area contributed by atoms with E-state index in [4.69, 9.17) is 0 Å². The number of nitrogens with one attached hydrogen (secondary N) is 1. The maximum absolute atomic E-state index is 12.9. The van der Waals surface area contributed by atoms with E-state index in [-0.39, 0.29) is 59.0 Å². The van der Waals surface area contributed by atoms with Gasteiger partial charge in [-0.2, -0.15) is 0 Å². The molecule has 5 rings (SSSR count). The zero-order valence-electron chi connectivity index (χ0n) is 24.5. The lowest BCUT2D eigenvalue weighted by molar-refractivity contribution is -0.207. The minimum atomic E-state index is -0.983. The molecule has 0 aliphatic heterocycles. The number of hydrogen-bond acceptors (Lipinski definition) is 6. The van der Waals surface area contributed by atoms with Crippen LogP contribution in [0.4, 0.5) is 0 Å². The summed E-state index contributed by atoms with van der Waals surface area (Å²) in [6.07, 6.45) is 4.83. The Morgan fingerprint density at radius 2 is 1.75 bits per heavy atom. The van der Waals surface area contributed by atoms with E-state index in [2.05, 4.69) is 26.1 Å². The first-order valence-corrected chi connectivity index (χ1v) is 15.7. The van der Waals surface area contributed by atoms with Gasteiger partial charge in [-0.25, -0.2) is 0 Å². The normalized spacial score (nSPS) is 43.1. The molecule has 4 saturated carbocycles. The van der Waals surface area contributed by atoms with Crippen LogP contribution in [-0.4, -0.2) is 62.4 Å². The quantitative estimate of drug-likeness (QED) is 0.290. The molecular formula is C33H51NO6. The van der Waals surface area contributed by atoms with Gasteiger partial charge in [0, 0.05) is 6.42 Å². The molecule has 1 aromatic carbocycles. The van der Waals surface area contributed by atoms with E-state index in [9.17, 15) is 30.3 Å². The Balaban J connectivity index is 1.23. The molecule has 13 atom stereocenters. The molecule has 0 bridgehead atoms. The second-order valence-electron chi connectivity index (χ2n) is 14.3. The number of fused-ring (bicyclic) bond motifs is 5. The molecule has 1 amide bonds. The van der Waals surface area contributed by atoms with Crippen molar-refractivity contribution in [2.24, 2.45) is 46.3 Å². The Morgan fingerprint density at radius 3 is 2.45 bits per heavy atom. The molecule has 4 aliphatic carbocycles. The third kappa shape index (κ3) is 5.15. The first-order chi connectivity index (χ1) is 19.0. The van der Waals surface area contributed by atoms with Crippen molar-refractivity contribution >= 4 is 5.91 Å². The van der Waals surface area contributed by atoms with Gasteiger partial charge in [-0.15, -0.1) is 0 Å². The summed E-state index contributed by atoms with van der Waals surface area (Å²) in [5.74, 6) is 1.29. The minimum absolute atomic E-state index is 0.0563. The van der Waals surface area contributed by atoms with Crippen LogP contribution >= 0.6 is 0 Å². The number of carbonyl (C=O) groups excluding carboxylic acids is 1. The molecule has 7 heteroatoms. The van der Waals surface area contributed by atoms with E-state index < -0.39 is 24.4 Å². The summed E-state index contributed by atoms with van der Waals surface area (Å²) in [6, 6.07) is 8.28. The summed E-state index contributed by atoms with van der Waals surface area (Å²) >= 11 is 0. The second kappa shape index (κ2) is 11.6. The fourth-order valence-electron chi connectivity index (χ4n) is 10.1. The van der Waals surface area contributed by atoms with Gasteiger partial charge >= 0.3 is 0 Å². The van der Waals surface area contributed by atoms with E-state index >= 15 is 0 Å². The molecule has 0 heterocycles. The van der Waals surface area contributed by atoms with Crippen molar-refractivity contribution in [3.63, 3.8) is 0 Å². The lowest BCUT2D eigenvalue weighted by Crippen LogP contribution is -2.62. The highest BCUT2D eigenvalue weighted by Crippen LogP contribution is 2.68. The molecule has 0 radical (unpaired) electrons. The molecule has 0 spiro atoms. The van der Waals surface area contributed by atoms with E-state index in [1.54, 1.807) is 12.1 Å². The van der Waals surface area contributed by atoms with Gasteiger partial charge in [-0.3, -0.25) is 4.79 Å². The third-order valence-electron chi connectivity index (χ3n) is 12.4. The second-order valence-corrected chi connectivity index (χ2v) is 14.3. The first-order valence-electron chi connectivity index (χ1n) is 15.7. The van der Waals surface area contributed by atoms with Gasteiger partial charge < -0.3 is 30.8 Å². The minimum Gasteiger partial charge on any atom is -0.394 e. The molecular weight excluding hydrogens is 506 g/mol. The molecule has 0 saturated heterocycles. The highest BCUT2D eigenvalue weighted by Gasteiger charge is 2.65. The van der Waals surface area contributed by atoms with E-state index in [1.807, 2.05) is 18.2 Å². The third-order valence-corrected chi connectivity index (χ3v) is 12.4. The highest BCUT2D eigenvalue weighted by atomic mass is 16.3. The Labute approximate surface area is 239 Å². The number of carbonyl (C=O) groups is 1. The summed E-state index contributed by atoms with van der Waals surface area (Å²) in [7, 11) is 0. The van der Waals surface area contributed by atoms with Crippen molar-refractivity contribution < 1.29 is 30.3 Å². The Morgan fingerprint density at radius 1 is 1.02 bits per heavy atom. The predicted molar refractivity (Wildman–Crippen MR) is 153 cm³/mol.